The molecule has 0 radical (unpaired) electrons. The Morgan fingerprint density at radius 1 is 1.44 bits per heavy atom. The van der Waals surface area contributed by atoms with Crippen LogP contribution in [0.15, 0.2) is 12.2 Å². The van der Waals surface area contributed by atoms with E-state index in [4.69, 9.17) is 4.74 Å². The number of nitrogens with zero attached hydrogens (tertiary/aromatic N) is 2. The molecule has 96 valence electrons. The second-order valence-corrected chi connectivity index (χ2v) is 4.88. The van der Waals surface area contributed by atoms with Crippen molar-refractivity contribution in [2.75, 3.05) is 24.6 Å². The number of aromatic nitrogens is 2. The third kappa shape index (κ3) is 2.20. The highest BCUT2D eigenvalue weighted by Gasteiger charge is 2.19. The number of allylic oxidation sites excluding steroid dienone is 2. The molecule has 4 heteroatoms. The quantitative estimate of drug-likeness (QED) is 0.785. The van der Waals surface area contributed by atoms with Gasteiger partial charge in [0.25, 0.3) is 0 Å². The minimum atomic E-state index is 0.277. The van der Waals surface area contributed by atoms with Gasteiger partial charge in [-0.3, -0.25) is 5.10 Å². The van der Waals surface area contributed by atoms with Crippen LogP contribution in [0.4, 0.5) is 5.82 Å². The number of hydrogen-bond donors (Lipinski definition) is 1. The number of anilines is 1. The molecule has 1 N–H and O–H groups in total. The van der Waals surface area contributed by atoms with E-state index in [1.54, 1.807) is 0 Å². The number of rotatable bonds is 1. The van der Waals surface area contributed by atoms with Crippen LogP contribution in [0, 0.1) is 0 Å². The third-order valence-electron chi connectivity index (χ3n) is 3.43. The molecule has 4 nitrogen and oxygen atoms in total. The predicted octanol–water partition coefficient (Wildman–Crippen LogP) is 0.546. The zero-order valence-corrected chi connectivity index (χ0v) is 10.7. The fourth-order valence-electron chi connectivity index (χ4n) is 2.51. The molecule has 1 aliphatic heterocycles. The SMILES string of the molecule is CC1CN(c2n[nH]c3c2=CC=CCCC=3)CCO1. The summed E-state index contributed by atoms with van der Waals surface area (Å²) in [5, 5.41) is 10.00. The predicted molar refractivity (Wildman–Crippen MR) is 72.8 cm³/mol. The van der Waals surface area contributed by atoms with Crippen LogP contribution in [0.25, 0.3) is 12.2 Å². The van der Waals surface area contributed by atoms with Gasteiger partial charge in [-0.25, -0.2) is 0 Å². The van der Waals surface area contributed by atoms with Crippen LogP contribution in [0.5, 0.6) is 0 Å². The molecule has 0 aromatic carbocycles. The average Bonchev–Trinajstić information content (AvgIpc) is 2.71. The summed E-state index contributed by atoms with van der Waals surface area (Å²) >= 11 is 0. The largest absolute Gasteiger partial charge is 0.375 e. The van der Waals surface area contributed by atoms with Crippen LogP contribution in [-0.2, 0) is 4.74 Å². The van der Waals surface area contributed by atoms with E-state index >= 15 is 0 Å². The van der Waals surface area contributed by atoms with Gasteiger partial charge in [-0.15, -0.1) is 0 Å². The molecule has 1 atom stereocenters. The molecule has 1 saturated heterocycles. The van der Waals surface area contributed by atoms with Crippen LogP contribution in [-0.4, -0.2) is 36.0 Å². The zero-order chi connectivity index (χ0) is 12.4. The standard InChI is InChI=1S/C14H19N3O/c1-11-10-17(8-9-18-11)14-12-6-4-2-3-5-7-13(12)15-16-14/h2,4,6-7,11,15H,3,5,8-10H2,1H3. The lowest BCUT2D eigenvalue weighted by molar-refractivity contribution is 0.0529. The Balaban J connectivity index is 2.01. The summed E-state index contributed by atoms with van der Waals surface area (Å²) in [6.45, 7) is 4.72. The van der Waals surface area contributed by atoms with Crippen molar-refractivity contribution >= 4 is 18.0 Å². The van der Waals surface area contributed by atoms with Gasteiger partial charge < -0.3 is 9.64 Å². The summed E-state index contributed by atoms with van der Waals surface area (Å²) in [5.41, 5.74) is 0. The van der Waals surface area contributed by atoms with Crippen LogP contribution in [0.1, 0.15) is 19.8 Å². The molecule has 18 heavy (non-hydrogen) atoms. The molecule has 1 aromatic heterocycles. The Kier molecular flexibility index (Phi) is 3.19. The van der Waals surface area contributed by atoms with Crippen LogP contribution < -0.4 is 15.5 Å². The molecule has 0 saturated carbocycles. The van der Waals surface area contributed by atoms with E-state index in [-0.39, 0.29) is 6.10 Å². The van der Waals surface area contributed by atoms with Gasteiger partial charge in [-0.1, -0.05) is 18.2 Å². The molecule has 0 amide bonds. The molecular weight excluding hydrogens is 226 g/mol. The maximum Gasteiger partial charge on any atom is 0.158 e. The number of H-pyrrole nitrogens is 1. The van der Waals surface area contributed by atoms with Gasteiger partial charge in [0.05, 0.1) is 18.1 Å². The lowest BCUT2D eigenvalue weighted by Gasteiger charge is -2.31. The Labute approximate surface area is 107 Å². The lowest BCUT2D eigenvalue weighted by atomic mass is 10.2. The van der Waals surface area contributed by atoms with Crippen LogP contribution in [0.3, 0.4) is 0 Å². The maximum atomic E-state index is 5.58. The molecule has 2 aliphatic rings. The van der Waals surface area contributed by atoms with Gasteiger partial charge in [-0.2, -0.15) is 5.10 Å². The van der Waals surface area contributed by atoms with Crippen LogP contribution >= 0.6 is 0 Å². The van der Waals surface area contributed by atoms with E-state index in [1.807, 2.05) is 0 Å². The Hall–Kier alpha value is -1.55. The smallest absolute Gasteiger partial charge is 0.158 e. The van der Waals surface area contributed by atoms with Gasteiger partial charge in [-0.05, 0) is 25.8 Å². The number of fused-ring (bicyclic) bond motifs is 1. The number of hydrogen-bond acceptors (Lipinski definition) is 3. The summed E-state index contributed by atoms with van der Waals surface area (Å²) in [7, 11) is 0. The first-order valence-corrected chi connectivity index (χ1v) is 6.62. The van der Waals surface area contributed by atoms with Crippen molar-refractivity contribution in [2.24, 2.45) is 0 Å². The van der Waals surface area contributed by atoms with Gasteiger partial charge in [0, 0.05) is 18.3 Å². The first-order valence-electron chi connectivity index (χ1n) is 6.62. The topological polar surface area (TPSA) is 41.2 Å². The summed E-state index contributed by atoms with van der Waals surface area (Å²) in [5.74, 6) is 1.06. The van der Waals surface area contributed by atoms with E-state index < -0.39 is 0 Å². The normalized spacial score (nSPS) is 23.6. The average molecular weight is 245 g/mol. The highest BCUT2D eigenvalue weighted by atomic mass is 16.5. The first kappa shape index (κ1) is 11.5. The Bertz CT molecular complexity index is 558. The van der Waals surface area contributed by atoms with Crippen molar-refractivity contribution < 1.29 is 4.74 Å². The van der Waals surface area contributed by atoms with E-state index in [1.165, 1.54) is 5.22 Å². The maximum absolute atomic E-state index is 5.58. The summed E-state index contributed by atoms with van der Waals surface area (Å²) in [4.78, 5) is 2.31. The van der Waals surface area contributed by atoms with E-state index in [0.717, 1.165) is 43.7 Å². The van der Waals surface area contributed by atoms with Crippen molar-refractivity contribution in [2.45, 2.75) is 25.9 Å². The number of ether oxygens (including phenoxy) is 1. The molecule has 0 spiro atoms. The number of aromatic amines is 1. The fraction of sp³-hybridized carbons (Fsp3) is 0.500. The van der Waals surface area contributed by atoms with E-state index in [9.17, 15) is 0 Å². The minimum Gasteiger partial charge on any atom is -0.375 e. The summed E-state index contributed by atoms with van der Waals surface area (Å²) < 4.78 is 5.58. The zero-order valence-electron chi connectivity index (χ0n) is 10.7. The molecule has 2 heterocycles. The summed E-state index contributed by atoms with van der Waals surface area (Å²) in [6, 6.07) is 0. The molecule has 1 aromatic rings. The molecule has 3 rings (SSSR count). The molecule has 1 fully saturated rings. The van der Waals surface area contributed by atoms with Gasteiger partial charge in [0.1, 0.15) is 0 Å². The minimum absolute atomic E-state index is 0.277. The van der Waals surface area contributed by atoms with Crippen molar-refractivity contribution in [1.82, 2.24) is 10.2 Å². The Morgan fingerprint density at radius 3 is 3.28 bits per heavy atom. The second-order valence-electron chi connectivity index (χ2n) is 4.88. The van der Waals surface area contributed by atoms with Gasteiger partial charge in [0.15, 0.2) is 5.82 Å². The highest BCUT2D eigenvalue weighted by molar-refractivity contribution is 5.51. The van der Waals surface area contributed by atoms with E-state index in [2.05, 4.69) is 46.3 Å². The van der Waals surface area contributed by atoms with Gasteiger partial charge >= 0.3 is 0 Å². The first-order chi connectivity index (χ1) is 8.84. The molecule has 1 unspecified atom stereocenters. The Morgan fingerprint density at radius 2 is 2.39 bits per heavy atom. The molecule has 1 aliphatic carbocycles. The third-order valence-corrected chi connectivity index (χ3v) is 3.43. The number of nitrogens with one attached hydrogen (secondary N) is 1. The van der Waals surface area contributed by atoms with Crippen LogP contribution in [0.2, 0.25) is 0 Å². The van der Waals surface area contributed by atoms with Gasteiger partial charge in [0.2, 0.25) is 0 Å². The molecular formula is C14H19N3O. The number of morpholine rings is 1. The van der Waals surface area contributed by atoms with E-state index in [0.29, 0.717) is 0 Å². The monoisotopic (exact) mass is 245 g/mol. The highest BCUT2D eigenvalue weighted by Crippen LogP contribution is 2.10. The van der Waals surface area contributed by atoms with Crippen molar-refractivity contribution in [3.8, 4) is 0 Å². The van der Waals surface area contributed by atoms with Crippen molar-refractivity contribution in [3.63, 3.8) is 0 Å². The van der Waals surface area contributed by atoms with Crippen molar-refractivity contribution in [3.05, 3.63) is 22.7 Å². The molecule has 0 bridgehead atoms. The summed E-state index contributed by atoms with van der Waals surface area (Å²) in [6.07, 6.45) is 11.2. The second kappa shape index (κ2) is 4.98. The van der Waals surface area contributed by atoms with Crippen molar-refractivity contribution in [1.29, 1.82) is 0 Å². The fourth-order valence-corrected chi connectivity index (χ4v) is 2.51. The lowest BCUT2D eigenvalue weighted by Crippen LogP contribution is -2.44.